The van der Waals surface area contributed by atoms with Crippen LogP contribution in [-0.4, -0.2) is 20.4 Å². The van der Waals surface area contributed by atoms with E-state index in [-0.39, 0.29) is 5.92 Å². The van der Waals surface area contributed by atoms with Gasteiger partial charge in [-0.25, -0.2) is 4.98 Å². The van der Waals surface area contributed by atoms with Crippen molar-refractivity contribution in [1.82, 2.24) is 9.97 Å². The van der Waals surface area contributed by atoms with Crippen molar-refractivity contribution in [1.29, 1.82) is 0 Å². The molecule has 0 saturated heterocycles. The van der Waals surface area contributed by atoms with Crippen molar-refractivity contribution in [2.45, 2.75) is 42.9 Å². The molecule has 2 heterocycles. The van der Waals surface area contributed by atoms with Crippen molar-refractivity contribution in [2.24, 2.45) is 5.92 Å². The molecule has 1 aromatic carbocycles. The van der Waals surface area contributed by atoms with Gasteiger partial charge in [0.15, 0.2) is 0 Å². The zero-order valence-corrected chi connectivity index (χ0v) is 16.4. The summed E-state index contributed by atoms with van der Waals surface area (Å²) in [4.78, 5) is 8.66. The molecule has 0 spiro atoms. The Morgan fingerprint density at radius 1 is 1.27 bits per heavy atom. The first-order valence-electron chi connectivity index (χ1n) is 9.18. The molecule has 0 aliphatic heterocycles. The maximum absolute atomic E-state index is 11.8. The van der Waals surface area contributed by atoms with Crippen LogP contribution in [0.2, 0.25) is 5.02 Å². The van der Waals surface area contributed by atoms with E-state index in [9.17, 15) is 4.21 Å². The zero-order valence-electron chi connectivity index (χ0n) is 14.9. The summed E-state index contributed by atoms with van der Waals surface area (Å²) in [5.74, 6) is 1.00. The van der Waals surface area contributed by atoms with Crippen LogP contribution >= 0.6 is 11.6 Å². The first-order valence-corrected chi connectivity index (χ1v) is 11.1. The van der Waals surface area contributed by atoms with E-state index < -0.39 is 10.8 Å². The largest absolute Gasteiger partial charge is 0.343 e. The molecule has 2 aromatic heterocycles. The van der Waals surface area contributed by atoms with Gasteiger partial charge in [0.05, 0.1) is 20.7 Å². The molecule has 2 atom stereocenters. The minimum Gasteiger partial charge on any atom is -0.343 e. The summed E-state index contributed by atoms with van der Waals surface area (Å²) >= 11 is 6.44. The summed E-state index contributed by atoms with van der Waals surface area (Å²) < 4.78 is 11.8. The molecule has 1 fully saturated rings. The van der Waals surface area contributed by atoms with E-state index >= 15 is 0 Å². The van der Waals surface area contributed by atoms with Crippen molar-refractivity contribution < 1.29 is 4.21 Å². The van der Waals surface area contributed by atoms with Crippen molar-refractivity contribution in [3.63, 3.8) is 0 Å². The highest BCUT2D eigenvalue weighted by Gasteiger charge is 2.25. The quantitative estimate of drug-likeness (QED) is 0.614. The summed E-state index contributed by atoms with van der Waals surface area (Å²) in [5.41, 5.74) is 3.30. The molecule has 136 valence electrons. The number of hydrogen-bond donors (Lipinski definition) is 1. The first kappa shape index (κ1) is 17.7. The molecule has 2 unspecified atom stereocenters. The number of fused-ring (bicyclic) bond motifs is 1. The molecule has 0 amide bonds. The van der Waals surface area contributed by atoms with Gasteiger partial charge in [-0.05, 0) is 48.2 Å². The molecular formula is C21H23ClN2OS. The fourth-order valence-electron chi connectivity index (χ4n) is 4.16. The lowest BCUT2D eigenvalue weighted by molar-refractivity contribution is 0.469. The third-order valence-electron chi connectivity index (χ3n) is 5.50. The number of nitrogens with zero attached hydrogens (tertiary/aromatic N) is 1. The van der Waals surface area contributed by atoms with Gasteiger partial charge in [0.1, 0.15) is 5.65 Å². The number of halogens is 1. The molecule has 26 heavy (non-hydrogen) atoms. The molecule has 1 aliphatic carbocycles. The maximum atomic E-state index is 11.8. The Kier molecular flexibility index (Phi) is 5.14. The van der Waals surface area contributed by atoms with Crippen LogP contribution in [-0.2, 0) is 10.8 Å². The third kappa shape index (κ3) is 3.58. The van der Waals surface area contributed by atoms with Crippen LogP contribution in [0, 0.1) is 5.92 Å². The molecule has 1 aliphatic rings. The number of H-pyrrole nitrogens is 1. The number of benzene rings is 1. The average molecular weight is 387 g/mol. The molecule has 0 radical (unpaired) electrons. The monoisotopic (exact) mass is 386 g/mol. The fourth-order valence-corrected chi connectivity index (χ4v) is 5.26. The van der Waals surface area contributed by atoms with Crippen LogP contribution < -0.4 is 0 Å². The van der Waals surface area contributed by atoms with Crippen LogP contribution in [0.5, 0.6) is 0 Å². The Morgan fingerprint density at radius 3 is 2.77 bits per heavy atom. The standard InChI is InChI=1S/C21H23ClN2OS/c1-26(25)20-9-8-15(12-18(20)22)17(11-14-5-2-3-6-14)19-13-16-7-4-10-23-21(16)24-19/h4,7-10,12-14,17H,2-3,5-6,11H2,1H3,(H,23,24). The van der Waals surface area contributed by atoms with E-state index in [0.29, 0.717) is 9.92 Å². The average Bonchev–Trinajstić information content (AvgIpc) is 3.28. The second kappa shape index (κ2) is 7.53. The van der Waals surface area contributed by atoms with E-state index in [1.807, 2.05) is 24.4 Å². The van der Waals surface area contributed by atoms with Gasteiger partial charge in [0.2, 0.25) is 0 Å². The normalized spacial score (nSPS) is 17.6. The molecule has 1 saturated carbocycles. The van der Waals surface area contributed by atoms with Gasteiger partial charge in [-0.15, -0.1) is 0 Å². The molecule has 1 N–H and O–H groups in total. The Morgan fingerprint density at radius 2 is 2.08 bits per heavy atom. The lowest BCUT2D eigenvalue weighted by Crippen LogP contribution is -2.08. The fraction of sp³-hybridized carbons (Fsp3) is 0.381. The van der Waals surface area contributed by atoms with Gasteiger partial charge < -0.3 is 4.98 Å². The Bertz CT molecular complexity index is 913. The molecule has 3 nitrogen and oxygen atoms in total. The summed E-state index contributed by atoms with van der Waals surface area (Å²) in [6, 6.07) is 12.3. The van der Waals surface area contributed by atoms with Crippen LogP contribution in [0.3, 0.4) is 0 Å². The highest BCUT2D eigenvalue weighted by molar-refractivity contribution is 7.84. The number of hydrogen-bond acceptors (Lipinski definition) is 2. The minimum atomic E-state index is -1.07. The van der Waals surface area contributed by atoms with Crippen LogP contribution in [0.15, 0.2) is 47.5 Å². The molecule has 4 rings (SSSR count). The Balaban J connectivity index is 1.74. The predicted octanol–water partition coefficient (Wildman–Crippen LogP) is 5.67. The van der Waals surface area contributed by atoms with E-state index in [0.717, 1.165) is 23.4 Å². The van der Waals surface area contributed by atoms with Gasteiger partial charge in [0.25, 0.3) is 0 Å². The number of aromatic nitrogens is 2. The summed E-state index contributed by atoms with van der Waals surface area (Å²) in [6.07, 6.45) is 9.87. The van der Waals surface area contributed by atoms with Crippen LogP contribution in [0.25, 0.3) is 11.0 Å². The van der Waals surface area contributed by atoms with Crippen molar-refractivity contribution in [2.75, 3.05) is 6.26 Å². The lowest BCUT2D eigenvalue weighted by atomic mass is 9.85. The molecule has 5 heteroatoms. The van der Waals surface area contributed by atoms with E-state index in [4.69, 9.17) is 11.6 Å². The number of nitrogens with one attached hydrogen (secondary N) is 1. The summed E-state index contributed by atoms with van der Waals surface area (Å²) in [6.45, 7) is 0. The number of pyridine rings is 1. The molecular weight excluding hydrogens is 364 g/mol. The van der Waals surface area contributed by atoms with Crippen molar-refractivity contribution >= 4 is 33.4 Å². The van der Waals surface area contributed by atoms with Gasteiger partial charge in [-0.2, -0.15) is 0 Å². The highest BCUT2D eigenvalue weighted by Crippen LogP contribution is 2.39. The van der Waals surface area contributed by atoms with Crippen molar-refractivity contribution in [3.05, 3.63) is 58.9 Å². The van der Waals surface area contributed by atoms with E-state index in [1.165, 1.54) is 36.9 Å². The zero-order chi connectivity index (χ0) is 18.1. The Hall–Kier alpha value is -1.65. The van der Waals surface area contributed by atoms with Gasteiger partial charge >= 0.3 is 0 Å². The topological polar surface area (TPSA) is 45.8 Å². The van der Waals surface area contributed by atoms with Crippen LogP contribution in [0.1, 0.15) is 49.3 Å². The van der Waals surface area contributed by atoms with Gasteiger partial charge in [-0.3, -0.25) is 4.21 Å². The van der Waals surface area contributed by atoms with E-state index in [1.54, 1.807) is 6.26 Å². The smallest absolute Gasteiger partial charge is 0.137 e. The second-order valence-corrected chi connectivity index (χ2v) is 9.00. The molecule has 3 aromatic rings. The summed E-state index contributed by atoms with van der Waals surface area (Å²) in [7, 11) is -1.07. The van der Waals surface area contributed by atoms with Gasteiger partial charge in [0, 0.05) is 29.5 Å². The Labute approximate surface area is 161 Å². The molecule has 0 bridgehead atoms. The predicted molar refractivity (Wildman–Crippen MR) is 108 cm³/mol. The minimum absolute atomic E-state index is 0.254. The van der Waals surface area contributed by atoms with Crippen LogP contribution in [0.4, 0.5) is 0 Å². The first-order chi connectivity index (χ1) is 12.6. The second-order valence-electron chi connectivity index (χ2n) is 7.25. The SMILES string of the molecule is CS(=O)c1ccc(C(CC2CCCC2)c2cc3cccnc3[nH]2)cc1Cl. The maximum Gasteiger partial charge on any atom is 0.137 e. The van der Waals surface area contributed by atoms with E-state index in [2.05, 4.69) is 28.2 Å². The number of rotatable bonds is 5. The highest BCUT2D eigenvalue weighted by atomic mass is 35.5. The summed E-state index contributed by atoms with van der Waals surface area (Å²) in [5, 5.41) is 1.73. The van der Waals surface area contributed by atoms with Crippen molar-refractivity contribution in [3.8, 4) is 0 Å². The number of aromatic amines is 1. The lowest BCUT2D eigenvalue weighted by Gasteiger charge is -2.21. The third-order valence-corrected chi connectivity index (χ3v) is 6.90. The van der Waals surface area contributed by atoms with Gasteiger partial charge in [-0.1, -0.05) is 43.4 Å².